The fourth-order valence-electron chi connectivity index (χ4n) is 9.28. The summed E-state index contributed by atoms with van der Waals surface area (Å²) in [5, 5.41) is 3.52. The minimum Gasteiger partial charge on any atom is -0.455 e. The molecule has 2 aliphatic heterocycles. The van der Waals surface area contributed by atoms with Gasteiger partial charge in [-0.05, 0) is 99.8 Å². The van der Waals surface area contributed by atoms with Crippen molar-refractivity contribution in [3.8, 4) is 33.8 Å². The lowest BCUT2D eigenvalue weighted by Gasteiger charge is -2.23. The third-order valence-corrected chi connectivity index (χ3v) is 13.5. The minimum absolute atomic E-state index is 0.122. The molecule has 4 nitrogen and oxygen atoms in total. The van der Waals surface area contributed by atoms with Crippen molar-refractivity contribution in [1.82, 2.24) is 4.57 Å². The van der Waals surface area contributed by atoms with Crippen LogP contribution in [0.1, 0.15) is 51.8 Å². The number of aromatic nitrogens is 3. The Morgan fingerprint density at radius 3 is 2.31 bits per heavy atom. The van der Waals surface area contributed by atoms with Crippen molar-refractivity contribution in [3.63, 3.8) is 0 Å². The SMILES string of the molecule is [2H]C([2H])([2H])c1ccc2c(c1)C1(c3ccc4c(oc5ccc(-c6ccc(C)cc6)cc54)c3-c3n1c1ccccc1[n+]3C(C)C)[n+]1cc([Si](C)(C)C)c(C)cc1-2. The Labute approximate surface area is 304 Å². The second-order valence-corrected chi connectivity index (χ2v) is 21.0. The minimum atomic E-state index is -2.27. The van der Waals surface area contributed by atoms with E-state index in [-0.39, 0.29) is 6.04 Å². The normalized spacial score (nSPS) is 17.2. The first-order chi connectivity index (χ1) is 25.7. The first kappa shape index (κ1) is 27.5. The molecule has 5 aromatic carbocycles. The molecule has 0 fully saturated rings. The average Bonchev–Trinajstić information content (AvgIpc) is 3.83. The van der Waals surface area contributed by atoms with Crippen LogP contribution in [0.3, 0.4) is 0 Å². The molecule has 0 bridgehead atoms. The van der Waals surface area contributed by atoms with Gasteiger partial charge in [-0.2, -0.15) is 4.57 Å². The molecule has 1 unspecified atom stereocenters. The summed E-state index contributed by atoms with van der Waals surface area (Å²) in [6.45, 7) is 13.8. The Morgan fingerprint density at radius 1 is 0.784 bits per heavy atom. The molecule has 0 radical (unpaired) electrons. The first-order valence-corrected chi connectivity index (χ1v) is 21.5. The molecule has 8 aromatic rings. The van der Waals surface area contributed by atoms with Gasteiger partial charge >= 0.3 is 11.5 Å². The Bertz CT molecular complexity index is 2910. The molecule has 250 valence electrons. The maximum Gasteiger partial charge on any atom is 0.364 e. The van der Waals surface area contributed by atoms with Crippen molar-refractivity contribution >= 4 is 46.2 Å². The van der Waals surface area contributed by atoms with Crippen LogP contribution < -0.4 is 14.3 Å². The van der Waals surface area contributed by atoms with Crippen molar-refractivity contribution in [1.29, 1.82) is 0 Å². The molecule has 1 atom stereocenters. The highest BCUT2D eigenvalue weighted by Crippen LogP contribution is 2.55. The van der Waals surface area contributed by atoms with E-state index in [1.807, 2.05) is 12.1 Å². The molecular weight excluding hydrogens is 639 g/mol. The number of nitrogens with zero attached hydrogens (tertiary/aromatic N) is 3. The standard InChI is InChI=1S/C46H43N3OSi/c1-27(2)48-38-11-9-10-12-39(38)49-45(48)43-36(21-20-33-35-25-32(18-22-41(35)50-44(33)43)31-16-13-28(3)14-17-31)46(49)37-23-29(4)15-19-34(37)40-24-30(5)42(26-47(40)46)51(6,7)8/h9-27H,1-8H3/q+2/i4D3. The number of para-hydroxylation sites is 2. The fraction of sp³-hybridized carbons (Fsp3) is 0.217. The maximum absolute atomic E-state index is 8.55. The summed E-state index contributed by atoms with van der Waals surface area (Å²) < 4.78 is 40.1. The monoisotopic (exact) mass is 684 g/mol. The van der Waals surface area contributed by atoms with Crippen molar-refractivity contribution in [2.75, 3.05) is 0 Å². The lowest BCUT2D eigenvalue weighted by atomic mass is 9.88. The van der Waals surface area contributed by atoms with Gasteiger partial charge < -0.3 is 4.42 Å². The zero-order valence-corrected chi connectivity index (χ0v) is 31.2. The number of pyridine rings is 1. The highest BCUT2D eigenvalue weighted by Gasteiger charge is 2.67. The number of rotatable bonds is 3. The fourth-order valence-corrected chi connectivity index (χ4v) is 11.0. The van der Waals surface area contributed by atoms with Crippen LogP contribution in [0.2, 0.25) is 19.6 Å². The van der Waals surface area contributed by atoms with E-state index in [1.165, 1.54) is 21.9 Å². The van der Waals surface area contributed by atoms with Crippen LogP contribution in [0, 0.1) is 20.7 Å². The van der Waals surface area contributed by atoms with Crippen LogP contribution in [0.5, 0.6) is 0 Å². The van der Waals surface area contributed by atoms with Crippen LogP contribution in [0.25, 0.3) is 66.7 Å². The Kier molecular flexibility index (Phi) is 5.48. The van der Waals surface area contributed by atoms with Crippen molar-refractivity contribution in [2.24, 2.45) is 0 Å². The van der Waals surface area contributed by atoms with Crippen molar-refractivity contribution < 1.29 is 17.7 Å². The summed E-state index contributed by atoms with van der Waals surface area (Å²) in [4.78, 5) is 0. The van der Waals surface area contributed by atoms with Crippen LogP contribution in [-0.4, -0.2) is 12.6 Å². The second kappa shape index (κ2) is 10.2. The molecule has 0 saturated carbocycles. The van der Waals surface area contributed by atoms with Gasteiger partial charge in [-0.1, -0.05) is 79.3 Å². The molecule has 5 heteroatoms. The van der Waals surface area contributed by atoms with Gasteiger partial charge in [0.2, 0.25) is 5.69 Å². The molecule has 0 aliphatic carbocycles. The third-order valence-electron chi connectivity index (χ3n) is 11.4. The van der Waals surface area contributed by atoms with E-state index in [0.717, 1.165) is 72.3 Å². The number of fused-ring (bicyclic) bond motifs is 16. The van der Waals surface area contributed by atoms with E-state index in [0.29, 0.717) is 5.56 Å². The molecule has 3 aromatic heterocycles. The summed E-state index contributed by atoms with van der Waals surface area (Å²) in [7, 11) is -1.83. The van der Waals surface area contributed by atoms with Crippen molar-refractivity contribution in [3.05, 3.63) is 137 Å². The lowest BCUT2D eigenvalue weighted by Crippen LogP contribution is -2.61. The zero-order chi connectivity index (χ0) is 37.6. The largest absolute Gasteiger partial charge is 0.455 e. The highest BCUT2D eigenvalue weighted by atomic mass is 28.3. The van der Waals surface area contributed by atoms with Gasteiger partial charge in [0.25, 0.3) is 0 Å². The van der Waals surface area contributed by atoms with E-state index >= 15 is 0 Å². The molecule has 0 saturated heterocycles. The number of hydrogen-bond donors (Lipinski definition) is 0. The lowest BCUT2D eigenvalue weighted by molar-refractivity contribution is -0.735. The second-order valence-electron chi connectivity index (χ2n) is 16.0. The van der Waals surface area contributed by atoms with E-state index < -0.39 is 20.6 Å². The Hall–Kier alpha value is -5.26. The van der Waals surface area contributed by atoms with Gasteiger partial charge in [-0.15, -0.1) is 4.57 Å². The van der Waals surface area contributed by atoms with Gasteiger partial charge in [-0.25, -0.2) is 4.57 Å². The van der Waals surface area contributed by atoms with E-state index in [9.17, 15) is 0 Å². The quantitative estimate of drug-likeness (QED) is 0.134. The number of furan rings is 1. The molecule has 0 amide bonds. The van der Waals surface area contributed by atoms with Crippen LogP contribution in [0.4, 0.5) is 0 Å². The summed E-state index contributed by atoms with van der Waals surface area (Å²) in [5.41, 5.74) is 13.4. The molecular formula is C46H43N3OSi+2. The van der Waals surface area contributed by atoms with Gasteiger partial charge in [-0.3, -0.25) is 0 Å². The number of benzene rings is 5. The number of imidazole rings is 1. The molecule has 1 spiro atoms. The average molecular weight is 685 g/mol. The Morgan fingerprint density at radius 2 is 1.55 bits per heavy atom. The summed E-state index contributed by atoms with van der Waals surface area (Å²) in [5.74, 6) is 1.06. The van der Waals surface area contributed by atoms with Gasteiger partial charge in [0.15, 0.2) is 22.8 Å². The van der Waals surface area contributed by atoms with Gasteiger partial charge in [0.1, 0.15) is 11.1 Å². The van der Waals surface area contributed by atoms with Gasteiger partial charge in [0.05, 0.1) is 30.8 Å². The molecule has 51 heavy (non-hydrogen) atoms. The van der Waals surface area contributed by atoms with E-state index in [4.69, 9.17) is 8.53 Å². The highest BCUT2D eigenvalue weighted by molar-refractivity contribution is 6.88. The van der Waals surface area contributed by atoms with Gasteiger partial charge in [0, 0.05) is 26.1 Å². The predicted octanol–water partition coefficient (Wildman–Crippen LogP) is 10.1. The van der Waals surface area contributed by atoms with Crippen LogP contribution in [-0.2, 0) is 5.66 Å². The van der Waals surface area contributed by atoms with Crippen LogP contribution in [0.15, 0.2) is 114 Å². The summed E-state index contributed by atoms with van der Waals surface area (Å²) >= 11 is 0. The maximum atomic E-state index is 8.55. The molecule has 5 heterocycles. The molecule has 2 aliphatic rings. The van der Waals surface area contributed by atoms with Crippen molar-refractivity contribution in [2.45, 2.75) is 65.9 Å². The first-order valence-electron chi connectivity index (χ1n) is 19.5. The smallest absolute Gasteiger partial charge is 0.364 e. The Balaban J connectivity index is 1.40. The number of hydrogen-bond acceptors (Lipinski definition) is 1. The van der Waals surface area contributed by atoms with E-state index in [2.05, 4.69) is 152 Å². The topological polar surface area (TPSA) is 25.8 Å². The summed E-state index contributed by atoms with van der Waals surface area (Å²) in [6, 6.07) is 36.6. The van der Waals surface area contributed by atoms with Crippen LogP contribution >= 0.6 is 0 Å². The van der Waals surface area contributed by atoms with E-state index in [1.54, 1.807) is 6.07 Å². The third kappa shape index (κ3) is 3.90. The summed E-state index contributed by atoms with van der Waals surface area (Å²) in [6.07, 6.45) is 2.40. The molecule has 0 N–H and O–H groups in total. The molecule has 10 rings (SSSR count). The number of aryl methyl sites for hydroxylation is 3. The predicted molar refractivity (Wildman–Crippen MR) is 212 cm³/mol. The zero-order valence-electron chi connectivity index (χ0n) is 33.2.